The SMILES string of the molecule is CC1(C)CCCN(c2ncccc2N)C1. The first-order valence-corrected chi connectivity index (χ1v) is 5.54. The van der Waals surface area contributed by atoms with Crippen LogP contribution in [0, 0.1) is 5.41 Å². The Bertz CT molecular complexity index is 346. The van der Waals surface area contributed by atoms with E-state index in [0.717, 1.165) is 24.6 Å². The predicted octanol–water partition coefficient (Wildman–Crippen LogP) is 2.29. The van der Waals surface area contributed by atoms with E-state index in [1.807, 2.05) is 18.3 Å². The summed E-state index contributed by atoms with van der Waals surface area (Å²) < 4.78 is 0. The average Bonchev–Trinajstić information content (AvgIpc) is 2.17. The molecule has 82 valence electrons. The van der Waals surface area contributed by atoms with Crippen molar-refractivity contribution in [3.8, 4) is 0 Å². The fourth-order valence-corrected chi connectivity index (χ4v) is 2.28. The summed E-state index contributed by atoms with van der Waals surface area (Å²) in [6, 6.07) is 3.80. The predicted molar refractivity (Wildman–Crippen MR) is 63.9 cm³/mol. The van der Waals surface area contributed by atoms with Gasteiger partial charge in [0.2, 0.25) is 0 Å². The van der Waals surface area contributed by atoms with E-state index in [4.69, 9.17) is 5.73 Å². The lowest BCUT2D eigenvalue weighted by Crippen LogP contribution is -2.40. The number of nitrogen functional groups attached to an aromatic ring is 1. The van der Waals surface area contributed by atoms with Gasteiger partial charge in [0.1, 0.15) is 0 Å². The Morgan fingerprint density at radius 3 is 2.93 bits per heavy atom. The van der Waals surface area contributed by atoms with E-state index in [0.29, 0.717) is 5.41 Å². The minimum atomic E-state index is 0.377. The minimum absolute atomic E-state index is 0.377. The molecule has 1 aliphatic rings. The summed E-state index contributed by atoms with van der Waals surface area (Å²) in [5.74, 6) is 0.949. The highest BCUT2D eigenvalue weighted by Gasteiger charge is 2.27. The molecule has 2 N–H and O–H groups in total. The molecule has 0 atom stereocenters. The third-order valence-electron chi connectivity index (χ3n) is 3.02. The molecule has 0 saturated carbocycles. The van der Waals surface area contributed by atoms with Crippen LogP contribution in [0.1, 0.15) is 26.7 Å². The summed E-state index contributed by atoms with van der Waals surface area (Å²) in [6.45, 7) is 6.73. The van der Waals surface area contributed by atoms with Crippen molar-refractivity contribution >= 4 is 11.5 Å². The van der Waals surface area contributed by atoms with Gasteiger partial charge in [0.15, 0.2) is 5.82 Å². The molecule has 2 heterocycles. The van der Waals surface area contributed by atoms with Crippen LogP contribution in [0.3, 0.4) is 0 Å². The average molecular weight is 205 g/mol. The Morgan fingerprint density at radius 2 is 2.27 bits per heavy atom. The molecule has 0 aliphatic carbocycles. The molecule has 1 saturated heterocycles. The largest absolute Gasteiger partial charge is 0.396 e. The normalized spacial score (nSPS) is 20.3. The zero-order valence-corrected chi connectivity index (χ0v) is 9.53. The summed E-state index contributed by atoms with van der Waals surface area (Å²) in [5, 5.41) is 0. The third-order valence-corrected chi connectivity index (χ3v) is 3.02. The molecule has 15 heavy (non-hydrogen) atoms. The molecule has 0 bridgehead atoms. The molecular formula is C12H19N3. The summed E-state index contributed by atoms with van der Waals surface area (Å²) in [7, 11) is 0. The Kier molecular flexibility index (Phi) is 2.55. The van der Waals surface area contributed by atoms with Crippen LogP contribution < -0.4 is 10.6 Å². The molecule has 2 rings (SSSR count). The fraction of sp³-hybridized carbons (Fsp3) is 0.583. The highest BCUT2D eigenvalue weighted by Crippen LogP contribution is 2.32. The monoisotopic (exact) mass is 205 g/mol. The van der Waals surface area contributed by atoms with Gasteiger partial charge < -0.3 is 10.6 Å². The van der Waals surface area contributed by atoms with Crippen molar-refractivity contribution in [1.29, 1.82) is 0 Å². The topological polar surface area (TPSA) is 42.2 Å². The smallest absolute Gasteiger partial charge is 0.151 e. The van der Waals surface area contributed by atoms with Crippen molar-refractivity contribution < 1.29 is 0 Å². The first-order valence-electron chi connectivity index (χ1n) is 5.54. The molecule has 1 fully saturated rings. The van der Waals surface area contributed by atoms with E-state index in [2.05, 4.69) is 23.7 Å². The number of hydrogen-bond acceptors (Lipinski definition) is 3. The van der Waals surface area contributed by atoms with E-state index < -0.39 is 0 Å². The van der Waals surface area contributed by atoms with E-state index in [1.165, 1.54) is 12.8 Å². The molecule has 0 unspecified atom stereocenters. The number of aromatic nitrogens is 1. The zero-order valence-electron chi connectivity index (χ0n) is 9.53. The minimum Gasteiger partial charge on any atom is -0.396 e. The van der Waals surface area contributed by atoms with E-state index in [-0.39, 0.29) is 0 Å². The Labute approximate surface area is 91.3 Å². The molecule has 0 amide bonds. The highest BCUT2D eigenvalue weighted by atomic mass is 15.2. The van der Waals surface area contributed by atoms with E-state index in [1.54, 1.807) is 0 Å². The maximum atomic E-state index is 5.94. The molecule has 0 aromatic carbocycles. The van der Waals surface area contributed by atoms with E-state index in [9.17, 15) is 0 Å². The Balaban J connectivity index is 2.21. The van der Waals surface area contributed by atoms with Crippen LogP contribution in [0.2, 0.25) is 0 Å². The van der Waals surface area contributed by atoms with Crippen molar-refractivity contribution in [1.82, 2.24) is 4.98 Å². The van der Waals surface area contributed by atoms with Crippen LogP contribution in [0.4, 0.5) is 11.5 Å². The van der Waals surface area contributed by atoms with Gasteiger partial charge in [-0.25, -0.2) is 4.98 Å². The molecule has 1 aromatic heterocycles. The van der Waals surface area contributed by atoms with Gasteiger partial charge in [0.25, 0.3) is 0 Å². The summed E-state index contributed by atoms with van der Waals surface area (Å²) in [4.78, 5) is 6.67. The van der Waals surface area contributed by atoms with Crippen molar-refractivity contribution in [2.24, 2.45) is 5.41 Å². The second-order valence-electron chi connectivity index (χ2n) is 5.11. The number of nitrogens with two attached hydrogens (primary N) is 1. The third kappa shape index (κ3) is 2.22. The maximum Gasteiger partial charge on any atom is 0.151 e. The number of pyridine rings is 1. The Morgan fingerprint density at radius 1 is 1.47 bits per heavy atom. The van der Waals surface area contributed by atoms with Crippen LogP contribution in [-0.4, -0.2) is 18.1 Å². The van der Waals surface area contributed by atoms with Gasteiger partial charge in [-0.3, -0.25) is 0 Å². The maximum absolute atomic E-state index is 5.94. The number of hydrogen-bond donors (Lipinski definition) is 1. The molecule has 0 radical (unpaired) electrons. The summed E-state index contributed by atoms with van der Waals surface area (Å²) in [6.07, 6.45) is 4.33. The Hall–Kier alpha value is -1.25. The lowest BCUT2D eigenvalue weighted by Gasteiger charge is -2.39. The van der Waals surface area contributed by atoms with Crippen LogP contribution in [0.25, 0.3) is 0 Å². The number of piperidine rings is 1. The first kappa shape index (κ1) is 10.3. The fourth-order valence-electron chi connectivity index (χ4n) is 2.28. The highest BCUT2D eigenvalue weighted by molar-refractivity contribution is 5.62. The van der Waals surface area contributed by atoms with Crippen LogP contribution >= 0.6 is 0 Å². The first-order chi connectivity index (χ1) is 7.08. The molecule has 1 aliphatic heterocycles. The molecular weight excluding hydrogens is 186 g/mol. The summed E-state index contributed by atoms with van der Waals surface area (Å²) >= 11 is 0. The standard InChI is InChI=1S/C12H19N3/c1-12(2)6-4-8-15(9-12)11-10(13)5-3-7-14-11/h3,5,7H,4,6,8-9,13H2,1-2H3. The number of rotatable bonds is 1. The van der Waals surface area contributed by atoms with Gasteiger partial charge in [0.05, 0.1) is 5.69 Å². The quantitative estimate of drug-likeness (QED) is 0.765. The van der Waals surface area contributed by atoms with Gasteiger partial charge in [-0.1, -0.05) is 13.8 Å². The lowest BCUT2D eigenvalue weighted by atomic mass is 9.84. The zero-order chi connectivity index (χ0) is 10.9. The molecule has 0 spiro atoms. The van der Waals surface area contributed by atoms with E-state index >= 15 is 0 Å². The van der Waals surface area contributed by atoms with Crippen molar-refractivity contribution in [2.45, 2.75) is 26.7 Å². The molecule has 3 heteroatoms. The van der Waals surface area contributed by atoms with Crippen LogP contribution in [0.5, 0.6) is 0 Å². The second kappa shape index (κ2) is 3.72. The van der Waals surface area contributed by atoms with Crippen molar-refractivity contribution in [3.63, 3.8) is 0 Å². The van der Waals surface area contributed by atoms with Gasteiger partial charge in [-0.05, 0) is 30.4 Å². The number of nitrogens with zero attached hydrogens (tertiary/aromatic N) is 2. The van der Waals surface area contributed by atoms with Gasteiger partial charge in [-0.15, -0.1) is 0 Å². The van der Waals surface area contributed by atoms with Gasteiger partial charge in [-0.2, -0.15) is 0 Å². The summed E-state index contributed by atoms with van der Waals surface area (Å²) in [5.41, 5.74) is 7.10. The number of anilines is 2. The molecule has 1 aromatic rings. The van der Waals surface area contributed by atoms with Crippen molar-refractivity contribution in [3.05, 3.63) is 18.3 Å². The molecule has 3 nitrogen and oxygen atoms in total. The van der Waals surface area contributed by atoms with Gasteiger partial charge in [0, 0.05) is 19.3 Å². The van der Waals surface area contributed by atoms with Gasteiger partial charge >= 0.3 is 0 Å². The van der Waals surface area contributed by atoms with Crippen molar-refractivity contribution in [2.75, 3.05) is 23.7 Å². The second-order valence-corrected chi connectivity index (χ2v) is 5.11. The van der Waals surface area contributed by atoms with Crippen LogP contribution in [0.15, 0.2) is 18.3 Å². The lowest BCUT2D eigenvalue weighted by molar-refractivity contribution is 0.292. The van der Waals surface area contributed by atoms with Crippen LogP contribution in [-0.2, 0) is 0 Å².